The molecular weight excluding hydrogens is 224 g/mol. The van der Waals surface area contributed by atoms with Gasteiger partial charge in [0.25, 0.3) is 0 Å². The molecule has 0 aliphatic carbocycles. The van der Waals surface area contributed by atoms with Gasteiger partial charge in [-0.05, 0) is 37.1 Å². The Morgan fingerprint density at radius 1 is 1.39 bits per heavy atom. The minimum Gasteiger partial charge on any atom is -0.350 e. The summed E-state index contributed by atoms with van der Waals surface area (Å²) in [4.78, 5) is 0. The average molecular weight is 246 g/mol. The summed E-state index contributed by atoms with van der Waals surface area (Å²) in [5.74, 6) is 0. The first kappa shape index (κ1) is 12.9. The van der Waals surface area contributed by atoms with Crippen molar-refractivity contribution in [1.82, 2.24) is 19.7 Å². The van der Waals surface area contributed by atoms with Crippen molar-refractivity contribution < 1.29 is 0 Å². The molecule has 0 atom stereocenters. The third kappa shape index (κ3) is 3.47. The lowest BCUT2D eigenvalue weighted by molar-refractivity contribution is 0.605. The van der Waals surface area contributed by atoms with Crippen LogP contribution >= 0.6 is 0 Å². The first-order valence-electron chi connectivity index (χ1n) is 6.62. The van der Waals surface area contributed by atoms with E-state index in [9.17, 15) is 0 Å². The lowest BCUT2D eigenvalue weighted by atomic mass is 10.2. The molecule has 18 heavy (non-hydrogen) atoms. The highest BCUT2D eigenvalue weighted by atomic mass is 15.2. The van der Waals surface area contributed by atoms with E-state index in [2.05, 4.69) is 46.4 Å². The minimum absolute atomic E-state index is 0.952. The van der Waals surface area contributed by atoms with Crippen LogP contribution in [0.5, 0.6) is 0 Å². The maximum Gasteiger partial charge on any atom is 0.0522 e. The first-order valence-corrected chi connectivity index (χ1v) is 6.62. The Kier molecular flexibility index (Phi) is 4.59. The van der Waals surface area contributed by atoms with Crippen molar-refractivity contribution in [1.29, 1.82) is 0 Å². The van der Waals surface area contributed by atoms with Gasteiger partial charge in [-0.2, -0.15) is 5.10 Å². The van der Waals surface area contributed by atoms with E-state index in [1.54, 1.807) is 0 Å². The Morgan fingerprint density at radius 3 is 3.00 bits per heavy atom. The third-order valence-electron chi connectivity index (χ3n) is 3.06. The molecule has 2 rings (SSSR count). The van der Waals surface area contributed by atoms with Gasteiger partial charge in [-0.3, -0.25) is 4.68 Å². The molecule has 0 aromatic carbocycles. The van der Waals surface area contributed by atoms with Gasteiger partial charge in [0.2, 0.25) is 0 Å². The van der Waals surface area contributed by atoms with E-state index >= 15 is 0 Å². The molecule has 0 fully saturated rings. The van der Waals surface area contributed by atoms with Crippen LogP contribution in [0.4, 0.5) is 0 Å². The number of nitrogens with one attached hydrogen (secondary N) is 1. The van der Waals surface area contributed by atoms with Crippen LogP contribution in [-0.2, 0) is 26.6 Å². The Hall–Kier alpha value is -1.55. The van der Waals surface area contributed by atoms with Crippen LogP contribution in [0.1, 0.15) is 24.6 Å². The third-order valence-corrected chi connectivity index (χ3v) is 3.06. The zero-order valence-corrected chi connectivity index (χ0v) is 11.3. The minimum atomic E-state index is 0.952. The van der Waals surface area contributed by atoms with Crippen molar-refractivity contribution in [2.24, 2.45) is 7.05 Å². The highest BCUT2D eigenvalue weighted by molar-refractivity contribution is 5.09. The molecule has 0 unspecified atom stereocenters. The van der Waals surface area contributed by atoms with Gasteiger partial charge in [0.05, 0.1) is 6.20 Å². The number of aromatic nitrogens is 3. The number of rotatable bonds is 7. The molecule has 2 aromatic rings. The van der Waals surface area contributed by atoms with Gasteiger partial charge in [0, 0.05) is 38.2 Å². The summed E-state index contributed by atoms with van der Waals surface area (Å²) < 4.78 is 4.17. The van der Waals surface area contributed by atoms with Gasteiger partial charge in [-0.1, -0.05) is 6.92 Å². The molecule has 0 aliphatic heterocycles. The number of aryl methyl sites for hydroxylation is 3. The normalized spacial score (nSPS) is 11.0. The molecule has 2 aromatic heterocycles. The fraction of sp³-hybridized carbons (Fsp3) is 0.500. The zero-order chi connectivity index (χ0) is 12.8. The molecule has 0 amide bonds. The van der Waals surface area contributed by atoms with Crippen LogP contribution in [0.3, 0.4) is 0 Å². The summed E-state index contributed by atoms with van der Waals surface area (Å²) in [7, 11) is 1.96. The van der Waals surface area contributed by atoms with Crippen molar-refractivity contribution >= 4 is 0 Å². The lowest BCUT2D eigenvalue weighted by Gasteiger charge is -2.09. The summed E-state index contributed by atoms with van der Waals surface area (Å²) >= 11 is 0. The SMILES string of the molecule is CCCNCc1cccn1CCc1cnn(C)c1. The highest BCUT2D eigenvalue weighted by Gasteiger charge is 2.02. The van der Waals surface area contributed by atoms with Gasteiger partial charge in [0.1, 0.15) is 0 Å². The fourth-order valence-corrected chi connectivity index (χ4v) is 2.07. The van der Waals surface area contributed by atoms with Crippen LogP contribution in [0.2, 0.25) is 0 Å². The Morgan fingerprint density at radius 2 is 2.28 bits per heavy atom. The second-order valence-electron chi connectivity index (χ2n) is 4.64. The first-order chi connectivity index (χ1) is 8.79. The zero-order valence-electron chi connectivity index (χ0n) is 11.3. The van der Waals surface area contributed by atoms with Crippen LogP contribution in [-0.4, -0.2) is 20.9 Å². The molecule has 4 nitrogen and oxygen atoms in total. The number of nitrogens with zero attached hydrogens (tertiary/aromatic N) is 3. The largest absolute Gasteiger partial charge is 0.350 e. The van der Waals surface area contributed by atoms with Crippen molar-refractivity contribution in [3.63, 3.8) is 0 Å². The number of hydrogen-bond acceptors (Lipinski definition) is 2. The van der Waals surface area contributed by atoms with E-state index in [-0.39, 0.29) is 0 Å². The van der Waals surface area contributed by atoms with Gasteiger partial charge >= 0.3 is 0 Å². The monoisotopic (exact) mass is 246 g/mol. The maximum absolute atomic E-state index is 4.19. The number of hydrogen-bond donors (Lipinski definition) is 1. The predicted octanol–water partition coefficient (Wildman–Crippen LogP) is 1.96. The van der Waals surface area contributed by atoms with Crippen molar-refractivity contribution in [3.8, 4) is 0 Å². The summed E-state index contributed by atoms with van der Waals surface area (Å²) in [5.41, 5.74) is 2.64. The Balaban J connectivity index is 1.87. The van der Waals surface area contributed by atoms with Crippen LogP contribution in [0.25, 0.3) is 0 Å². The molecule has 98 valence electrons. The smallest absolute Gasteiger partial charge is 0.0522 e. The fourth-order valence-electron chi connectivity index (χ4n) is 2.07. The van der Waals surface area contributed by atoms with Crippen molar-refractivity contribution in [2.75, 3.05) is 6.54 Å². The summed E-state index contributed by atoms with van der Waals surface area (Å²) in [6, 6.07) is 4.30. The summed E-state index contributed by atoms with van der Waals surface area (Å²) in [6.45, 7) is 5.23. The van der Waals surface area contributed by atoms with Crippen LogP contribution in [0, 0.1) is 0 Å². The topological polar surface area (TPSA) is 34.8 Å². The molecule has 4 heteroatoms. The molecule has 2 heterocycles. The highest BCUT2D eigenvalue weighted by Crippen LogP contribution is 2.06. The molecule has 0 saturated carbocycles. The summed E-state index contributed by atoms with van der Waals surface area (Å²) in [6.07, 6.45) is 8.38. The van der Waals surface area contributed by atoms with E-state index in [1.807, 2.05) is 17.9 Å². The van der Waals surface area contributed by atoms with Crippen LogP contribution in [0.15, 0.2) is 30.7 Å². The average Bonchev–Trinajstić information content (AvgIpc) is 2.96. The predicted molar refractivity (Wildman–Crippen MR) is 73.3 cm³/mol. The second-order valence-corrected chi connectivity index (χ2v) is 4.64. The molecule has 0 saturated heterocycles. The molecule has 0 spiro atoms. The Bertz CT molecular complexity index is 470. The van der Waals surface area contributed by atoms with Crippen LogP contribution < -0.4 is 5.32 Å². The second kappa shape index (κ2) is 6.40. The lowest BCUT2D eigenvalue weighted by Crippen LogP contribution is -2.17. The van der Waals surface area contributed by atoms with E-state index in [4.69, 9.17) is 0 Å². The molecule has 0 bridgehead atoms. The van der Waals surface area contributed by atoms with E-state index in [0.29, 0.717) is 0 Å². The van der Waals surface area contributed by atoms with E-state index in [0.717, 1.165) is 26.1 Å². The molecule has 1 N–H and O–H groups in total. The van der Waals surface area contributed by atoms with Gasteiger partial charge in [-0.15, -0.1) is 0 Å². The van der Waals surface area contributed by atoms with Gasteiger partial charge < -0.3 is 9.88 Å². The quantitative estimate of drug-likeness (QED) is 0.758. The van der Waals surface area contributed by atoms with Gasteiger partial charge in [0.15, 0.2) is 0 Å². The summed E-state index contributed by atoms with van der Waals surface area (Å²) in [5, 5.41) is 7.64. The molecule has 0 aliphatic rings. The Labute approximate surface area is 109 Å². The van der Waals surface area contributed by atoms with Crippen molar-refractivity contribution in [2.45, 2.75) is 32.9 Å². The maximum atomic E-state index is 4.19. The van der Waals surface area contributed by atoms with E-state index in [1.165, 1.54) is 17.7 Å². The molecular formula is C14H22N4. The molecule has 0 radical (unpaired) electrons. The van der Waals surface area contributed by atoms with Crippen molar-refractivity contribution in [3.05, 3.63) is 42.0 Å². The van der Waals surface area contributed by atoms with E-state index < -0.39 is 0 Å². The standard InChI is InChI=1S/C14H22N4/c1-3-7-15-11-14-5-4-8-18(14)9-6-13-10-16-17(2)12-13/h4-5,8,10,12,15H,3,6-7,9,11H2,1-2H3. The van der Waals surface area contributed by atoms with Gasteiger partial charge in [-0.25, -0.2) is 0 Å².